The first kappa shape index (κ1) is 20.0. The third-order valence-electron chi connectivity index (χ3n) is 4.24. The molecule has 0 radical (unpaired) electrons. The number of aryl methyl sites for hydroxylation is 1. The van der Waals surface area contributed by atoms with Gasteiger partial charge in [-0.15, -0.1) is 0 Å². The van der Waals surface area contributed by atoms with Crippen molar-refractivity contribution < 1.29 is 23.8 Å². The van der Waals surface area contributed by atoms with Gasteiger partial charge in [-0.2, -0.15) is 0 Å². The topological polar surface area (TPSA) is 61.8 Å². The molecule has 0 aromatic heterocycles. The van der Waals surface area contributed by atoms with Crippen LogP contribution in [0.5, 0.6) is 11.5 Å². The van der Waals surface area contributed by atoms with Crippen LogP contribution in [0.15, 0.2) is 18.2 Å². The van der Waals surface area contributed by atoms with Crippen molar-refractivity contribution in [1.82, 2.24) is 0 Å². The Bertz CT molecular complexity index is 561. The molecular weight excluding hydrogens is 308 g/mol. The Balaban J connectivity index is 3.02. The number of esters is 2. The maximum atomic E-state index is 12.8. The molecule has 0 N–H and O–H groups in total. The predicted molar refractivity (Wildman–Crippen MR) is 92.2 cm³/mol. The maximum Gasteiger partial charge on any atom is 0.328 e. The average Bonchev–Trinajstić information content (AvgIpc) is 2.57. The Labute approximate surface area is 144 Å². The predicted octanol–water partition coefficient (Wildman–Crippen LogP) is 4.06. The number of rotatable bonds is 9. The van der Waals surface area contributed by atoms with E-state index >= 15 is 0 Å². The third-order valence-corrected chi connectivity index (χ3v) is 4.24. The first-order valence-corrected chi connectivity index (χ1v) is 8.49. The van der Waals surface area contributed by atoms with E-state index in [4.69, 9.17) is 14.2 Å². The zero-order valence-electron chi connectivity index (χ0n) is 15.3. The molecule has 0 atom stereocenters. The molecule has 0 fully saturated rings. The van der Waals surface area contributed by atoms with E-state index in [9.17, 15) is 9.59 Å². The third kappa shape index (κ3) is 4.49. The van der Waals surface area contributed by atoms with E-state index in [2.05, 4.69) is 0 Å². The van der Waals surface area contributed by atoms with Gasteiger partial charge in [-0.25, -0.2) is 0 Å². The molecule has 1 aromatic rings. The fourth-order valence-corrected chi connectivity index (χ4v) is 2.42. The Kier molecular flexibility index (Phi) is 7.75. The van der Waals surface area contributed by atoms with Gasteiger partial charge in [0.1, 0.15) is 0 Å². The van der Waals surface area contributed by atoms with Gasteiger partial charge in [-0.3, -0.25) is 9.59 Å². The largest absolute Gasteiger partial charge is 0.493 e. The van der Waals surface area contributed by atoms with Gasteiger partial charge < -0.3 is 14.2 Å². The lowest BCUT2D eigenvalue weighted by molar-refractivity contribution is -0.168. The molecule has 0 aliphatic heterocycles. The summed E-state index contributed by atoms with van der Waals surface area (Å²) in [4.78, 5) is 25.3. The van der Waals surface area contributed by atoms with Crippen molar-refractivity contribution in [2.45, 2.75) is 53.4 Å². The first-order valence-electron chi connectivity index (χ1n) is 8.49. The number of hydrogen-bond donors (Lipinski definition) is 0. The van der Waals surface area contributed by atoms with Crippen LogP contribution in [-0.2, 0) is 14.3 Å². The molecule has 0 spiro atoms. The summed E-state index contributed by atoms with van der Waals surface area (Å²) in [5, 5.41) is 0. The average molecular weight is 336 g/mol. The van der Waals surface area contributed by atoms with E-state index in [1.165, 1.54) is 7.11 Å². The van der Waals surface area contributed by atoms with Crippen LogP contribution in [0.1, 0.15) is 52.0 Å². The van der Waals surface area contributed by atoms with Gasteiger partial charge in [0.2, 0.25) is 0 Å². The summed E-state index contributed by atoms with van der Waals surface area (Å²) < 4.78 is 16.1. The minimum Gasteiger partial charge on any atom is -0.493 e. The highest BCUT2D eigenvalue weighted by Gasteiger charge is 2.46. The highest BCUT2D eigenvalue weighted by molar-refractivity contribution is 6.00. The highest BCUT2D eigenvalue weighted by Crippen LogP contribution is 2.34. The number of unbranched alkanes of at least 4 members (excludes halogenated alkanes) is 1. The van der Waals surface area contributed by atoms with Crippen LogP contribution in [-0.4, -0.2) is 25.7 Å². The fourth-order valence-electron chi connectivity index (χ4n) is 2.42. The molecule has 0 unspecified atom stereocenters. The molecule has 5 nitrogen and oxygen atoms in total. The standard InChI is InChI=1S/C19H28O5/c1-6-9-12-23-17(20)19(7-2,8-3)18(21)24-16-13-14(4)10-11-15(16)22-5/h10-11,13H,6-9,12H2,1-5H3. The summed E-state index contributed by atoms with van der Waals surface area (Å²) in [6, 6.07) is 5.31. The van der Waals surface area contributed by atoms with Crippen LogP contribution in [0.2, 0.25) is 0 Å². The number of hydrogen-bond acceptors (Lipinski definition) is 5. The Morgan fingerprint density at radius 2 is 1.71 bits per heavy atom. The molecule has 0 saturated heterocycles. The van der Waals surface area contributed by atoms with Crippen molar-refractivity contribution in [1.29, 1.82) is 0 Å². The lowest BCUT2D eigenvalue weighted by Gasteiger charge is -2.27. The van der Waals surface area contributed by atoms with Crippen LogP contribution in [0, 0.1) is 12.3 Å². The summed E-state index contributed by atoms with van der Waals surface area (Å²) in [6.07, 6.45) is 2.34. The second kappa shape index (κ2) is 9.30. The number of ether oxygens (including phenoxy) is 3. The first-order chi connectivity index (χ1) is 11.4. The minimum atomic E-state index is -1.29. The normalized spacial score (nSPS) is 11.0. The Morgan fingerprint density at radius 3 is 2.25 bits per heavy atom. The van der Waals surface area contributed by atoms with E-state index in [0.29, 0.717) is 30.9 Å². The van der Waals surface area contributed by atoms with Crippen molar-refractivity contribution in [3.63, 3.8) is 0 Å². The highest BCUT2D eigenvalue weighted by atomic mass is 16.6. The second-order valence-corrected chi connectivity index (χ2v) is 5.82. The fraction of sp³-hybridized carbons (Fsp3) is 0.579. The van der Waals surface area contributed by atoms with Crippen LogP contribution >= 0.6 is 0 Å². The molecule has 0 aliphatic carbocycles. The van der Waals surface area contributed by atoms with E-state index in [1.807, 2.05) is 19.9 Å². The summed E-state index contributed by atoms with van der Waals surface area (Å²) in [5.41, 5.74) is -0.356. The van der Waals surface area contributed by atoms with Gasteiger partial charge in [0.15, 0.2) is 16.9 Å². The van der Waals surface area contributed by atoms with Crippen molar-refractivity contribution >= 4 is 11.9 Å². The van der Waals surface area contributed by atoms with Crippen LogP contribution < -0.4 is 9.47 Å². The van der Waals surface area contributed by atoms with Gasteiger partial charge >= 0.3 is 11.9 Å². The van der Waals surface area contributed by atoms with Crippen LogP contribution in [0.3, 0.4) is 0 Å². The Morgan fingerprint density at radius 1 is 1.04 bits per heavy atom. The monoisotopic (exact) mass is 336 g/mol. The molecule has 0 aliphatic rings. The number of benzene rings is 1. The molecule has 1 aromatic carbocycles. The Hall–Kier alpha value is -2.04. The molecule has 0 heterocycles. The van der Waals surface area contributed by atoms with E-state index in [-0.39, 0.29) is 0 Å². The lowest BCUT2D eigenvalue weighted by Crippen LogP contribution is -2.42. The molecule has 0 amide bonds. The van der Waals surface area contributed by atoms with Gasteiger partial charge in [0.25, 0.3) is 0 Å². The quantitative estimate of drug-likeness (QED) is 0.294. The molecule has 134 valence electrons. The molecule has 5 heteroatoms. The van der Waals surface area contributed by atoms with Gasteiger partial charge in [-0.1, -0.05) is 33.3 Å². The molecule has 1 rings (SSSR count). The van der Waals surface area contributed by atoms with E-state index < -0.39 is 17.4 Å². The maximum absolute atomic E-state index is 12.8. The van der Waals surface area contributed by atoms with Gasteiger partial charge in [0, 0.05) is 0 Å². The van der Waals surface area contributed by atoms with Gasteiger partial charge in [-0.05, 0) is 43.9 Å². The van der Waals surface area contributed by atoms with Crippen molar-refractivity contribution in [2.24, 2.45) is 5.41 Å². The summed E-state index contributed by atoms with van der Waals surface area (Å²) >= 11 is 0. The summed E-state index contributed by atoms with van der Waals surface area (Å²) in [7, 11) is 1.51. The van der Waals surface area contributed by atoms with Crippen LogP contribution in [0.25, 0.3) is 0 Å². The zero-order chi connectivity index (χ0) is 18.2. The minimum absolute atomic E-state index is 0.315. The molecule has 0 bridgehead atoms. The van der Waals surface area contributed by atoms with Gasteiger partial charge in [0.05, 0.1) is 13.7 Å². The number of carbonyl (C=O) groups is 2. The molecule has 0 saturated carbocycles. The van der Waals surface area contributed by atoms with Crippen molar-refractivity contribution in [3.05, 3.63) is 23.8 Å². The second-order valence-electron chi connectivity index (χ2n) is 5.82. The molecule has 24 heavy (non-hydrogen) atoms. The van der Waals surface area contributed by atoms with E-state index in [1.54, 1.807) is 26.0 Å². The smallest absolute Gasteiger partial charge is 0.328 e. The van der Waals surface area contributed by atoms with E-state index in [0.717, 1.165) is 18.4 Å². The zero-order valence-corrected chi connectivity index (χ0v) is 15.3. The lowest BCUT2D eigenvalue weighted by atomic mass is 9.82. The van der Waals surface area contributed by atoms with Crippen molar-refractivity contribution in [3.8, 4) is 11.5 Å². The number of carbonyl (C=O) groups excluding carboxylic acids is 2. The van der Waals surface area contributed by atoms with Crippen molar-refractivity contribution in [2.75, 3.05) is 13.7 Å². The molecular formula is C19H28O5. The summed E-state index contributed by atoms with van der Waals surface area (Å²) in [6.45, 7) is 7.80. The number of methoxy groups -OCH3 is 1. The SMILES string of the molecule is CCCCOC(=O)C(CC)(CC)C(=O)Oc1cc(C)ccc1OC. The summed E-state index contributed by atoms with van der Waals surface area (Å²) in [5.74, 6) is -0.347. The van der Waals surface area contributed by atoms with Crippen LogP contribution in [0.4, 0.5) is 0 Å².